The van der Waals surface area contributed by atoms with Crippen LogP contribution in [0.15, 0.2) is 42.5 Å². The van der Waals surface area contributed by atoms with E-state index in [0.29, 0.717) is 11.3 Å². The lowest BCUT2D eigenvalue weighted by molar-refractivity contribution is 0.511. The molecular formula is C16H13F2N3. The number of aromatic nitrogens is 2. The second-order valence-corrected chi connectivity index (χ2v) is 4.78. The molecule has 0 saturated heterocycles. The number of H-pyrrole nitrogens is 1. The molecule has 0 saturated carbocycles. The molecule has 3 rings (SSSR count). The largest absolute Gasteiger partial charge is 0.382 e. The highest BCUT2D eigenvalue weighted by Crippen LogP contribution is 2.37. The summed E-state index contributed by atoms with van der Waals surface area (Å²) >= 11 is 0. The average molecular weight is 285 g/mol. The lowest BCUT2D eigenvalue weighted by Gasteiger charge is -2.08. The maximum atomic E-state index is 14.0. The third-order valence-corrected chi connectivity index (χ3v) is 3.43. The number of hydrogen-bond acceptors (Lipinski definition) is 2. The van der Waals surface area contributed by atoms with E-state index in [1.807, 2.05) is 31.2 Å². The number of benzene rings is 2. The number of anilines is 1. The summed E-state index contributed by atoms with van der Waals surface area (Å²) in [5, 5.41) is 6.65. The van der Waals surface area contributed by atoms with Crippen molar-refractivity contribution in [1.82, 2.24) is 10.2 Å². The first-order chi connectivity index (χ1) is 10.1. The summed E-state index contributed by atoms with van der Waals surface area (Å²) in [6, 6.07) is 11.6. The molecule has 1 aromatic heterocycles. The minimum Gasteiger partial charge on any atom is -0.382 e. The number of halogens is 2. The number of aryl methyl sites for hydroxylation is 1. The Labute approximate surface area is 120 Å². The van der Waals surface area contributed by atoms with E-state index in [1.165, 1.54) is 12.1 Å². The van der Waals surface area contributed by atoms with Crippen molar-refractivity contribution in [2.45, 2.75) is 6.92 Å². The molecule has 0 amide bonds. The van der Waals surface area contributed by atoms with Crippen LogP contribution in [-0.4, -0.2) is 10.2 Å². The lowest BCUT2D eigenvalue weighted by atomic mass is 9.97. The molecule has 106 valence electrons. The van der Waals surface area contributed by atoms with Gasteiger partial charge in [0.05, 0.1) is 11.3 Å². The first kappa shape index (κ1) is 13.3. The minimum atomic E-state index is -0.920. The van der Waals surface area contributed by atoms with Crippen LogP contribution in [0.3, 0.4) is 0 Å². The van der Waals surface area contributed by atoms with E-state index in [9.17, 15) is 8.78 Å². The monoisotopic (exact) mass is 285 g/mol. The Morgan fingerprint density at radius 1 is 1.00 bits per heavy atom. The quantitative estimate of drug-likeness (QED) is 0.750. The molecule has 0 aliphatic carbocycles. The van der Waals surface area contributed by atoms with Gasteiger partial charge in [0.25, 0.3) is 0 Å². The molecule has 3 aromatic rings. The molecule has 0 radical (unpaired) electrons. The van der Waals surface area contributed by atoms with Gasteiger partial charge in [0.15, 0.2) is 17.5 Å². The van der Waals surface area contributed by atoms with Crippen LogP contribution in [0.1, 0.15) is 5.56 Å². The van der Waals surface area contributed by atoms with Crippen LogP contribution in [0.2, 0.25) is 0 Å². The van der Waals surface area contributed by atoms with Crippen molar-refractivity contribution in [3.05, 3.63) is 59.7 Å². The smallest absolute Gasteiger partial charge is 0.168 e. The van der Waals surface area contributed by atoms with Gasteiger partial charge in [-0.15, -0.1) is 0 Å². The summed E-state index contributed by atoms with van der Waals surface area (Å²) in [4.78, 5) is 0. The van der Waals surface area contributed by atoms with Crippen molar-refractivity contribution in [2.24, 2.45) is 0 Å². The summed E-state index contributed by atoms with van der Waals surface area (Å²) in [7, 11) is 0. The highest BCUT2D eigenvalue weighted by Gasteiger charge is 2.20. The fraction of sp³-hybridized carbons (Fsp3) is 0.0625. The average Bonchev–Trinajstić information content (AvgIpc) is 2.84. The molecule has 2 aromatic carbocycles. The number of nitrogens with two attached hydrogens (primary N) is 1. The van der Waals surface area contributed by atoms with Gasteiger partial charge < -0.3 is 5.73 Å². The molecule has 3 nitrogen and oxygen atoms in total. The lowest BCUT2D eigenvalue weighted by Crippen LogP contribution is -1.93. The van der Waals surface area contributed by atoms with Gasteiger partial charge in [-0.25, -0.2) is 8.78 Å². The van der Waals surface area contributed by atoms with Crippen molar-refractivity contribution < 1.29 is 8.78 Å². The summed E-state index contributed by atoms with van der Waals surface area (Å²) in [5.74, 6) is -1.57. The second kappa shape index (κ2) is 5.01. The predicted octanol–water partition coefficient (Wildman–Crippen LogP) is 3.91. The molecule has 5 heteroatoms. The van der Waals surface area contributed by atoms with Crippen LogP contribution < -0.4 is 5.73 Å². The molecule has 0 spiro atoms. The molecule has 0 unspecified atom stereocenters. The fourth-order valence-corrected chi connectivity index (χ4v) is 2.37. The van der Waals surface area contributed by atoms with E-state index >= 15 is 0 Å². The van der Waals surface area contributed by atoms with Gasteiger partial charge >= 0.3 is 0 Å². The van der Waals surface area contributed by atoms with Crippen LogP contribution in [0, 0.1) is 18.6 Å². The molecule has 0 aliphatic heterocycles. The highest BCUT2D eigenvalue weighted by atomic mass is 19.2. The van der Waals surface area contributed by atoms with E-state index in [4.69, 9.17) is 5.73 Å². The Morgan fingerprint density at radius 3 is 2.48 bits per heavy atom. The summed E-state index contributed by atoms with van der Waals surface area (Å²) in [6.07, 6.45) is 0. The first-order valence-electron chi connectivity index (χ1n) is 6.44. The minimum absolute atomic E-state index is 0.109. The summed E-state index contributed by atoms with van der Waals surface area (Å²) in [6.45, 7) is 1.92. The Balaban J connectivity index is 2.28. The molecule has 0 fully saturated rings. The Hall–Kier alpha value is -2.69. The van der Waals surface area contributed by atoms with Gasteiger partial charge in [-0.2, -0.15) is 5.10 Å². The Bertz CT molecular complexity index is 809. The molecule has 1 heterocycles. The third kappa shape index (κ3) is 2.16. The summed E-state index contributed by atoms with van der Waals surface area (Å²) in [5.41, 5.74) is 8.78. The van der Waals surface area contributed by atoms with E-state index in [2.05, 4.69) is 10.2 Å². The van der Waals surface area contributed by atoms with Crippen LogP contribution >= 0.6 is 0 Å². The zero-order valence-electron chi connectivity index (χ0n) is 11.3. The van der Waals surface area contributed by atoms with Gasteiger partial charge in [0, 0.05) is 5.56 Å². The van der Waals surface area contributed by atoms with Crippen LogP contribution in [-0.2, 0) is 0 Å². The third-order valence-electron chi connectivity index (χ3n) is 3.43. The molecule has 3 N–H and O–H groups in total. The number of nitrogen functional groups attached to an aromatic ring is 1. The van der Waals surface area contributed by atoms with Crippen molar-refractivity contribution in [3.63, 3.8) is 0 Å². The number of aromatic amines is 1. The normalized spacial score (nSPS) is 10.8. The Kier molecular flexibility index (Phi) is 3.17. The fourth-order valence-electron chi connectivity index (χ4n) is 2.37. The number of nitrogens with zero attached hydrogens (tertiary/aromatic N) is 1. The van der Waals surface area contributed by atoms with Gasteiger partial charge in [-0.3, -0.25) is 5.10 Å². The number of rotatable bonds is 2. The van der Waals surface area contributed by atoms with Crippen molar-refractivity contribution in [3.8, 4) is 22.4 Å². The molecular weight excluding hydrogens is 272 g/mol. The maximum absolute atomic E-state index is 14.0. The molecule has 0 atom stereocenters. The van der Waals surface area contributed by atoms with Crippen LogP contribution in [0.5, 0.6) is 0 Å². The maximum Gasteiger partial charge on any atom is 0.168 e. The van der Waals surface area contributed by atoms with E-state index < -0.39 is 11.6 Å². The second-order valence-electron chi connectivity index (χ2n) is 4.78. The van der Waals surface area contributed by atoms with Crippen molar-refractivity contribution >= 4 is 5.82 Å². The standard InChI is InChI=1S/C16H13F2N3/c1-9-5-2-3-6-10(9)13-15(20-21-16(13)19)11-7-4-8-12(17)14(11)18/h2-8H,1H3,(H3,19,20,21). The van der Waals surface area contributed by atoms with Gasteiger partial charge in [-0.1, -0.05) is 30.3 Å². The predicted molar refractivity (Wildman–Crippen MR) is 78.5 cm³/mol. The SMILES string of the molecule is Cc1ccccc1-c1c(N)n[nH]c1-c1cccc(F)c1F. The highest BCUT2D eigenvalue weighted by molar-refractivity contribution is 5.89. The van der Waals surface area contributed by atoms with Crippen LogP contribution in [0.25, 0.3) is 22.4 Å². The first-order valence-corrected chi connectivity index (χ1v) is 6.44. The van der Waals surface area contributed by atoms with Gasteiger partial charge in [0.2, 0.25) is 0 Å². The van der Waals surface area contributed by atoms with Gasteiger partial charge in [-0.05, 0) is 30.2 Å². The van der Waals surface area contributed by atoms with Gasteiger partial charge in [0.1, 0.15) is 0 Å². The van der Waals surface area contributed by atoms with Crippen LogP contribution in [0.4, 0.5) is 14.6 Å². The summed E-state index contributed by atoms with van der Waals surface area (Å²) < 4.78 is 27.5. The zero-order chi connectivity index (χ0) is 15.0. The topological polar surface area (TPSA) is 54.7 Å². The van der Waals surface area contributed by atoms with E-state index in [0.717, 1.165) is 17.2 Å². The molecule has 0 bridgehead atoms. The van der Waals surface area contributed by atoms with E-state index in [1.54, 1.807) is 0 Å². The molecule has 21 heavy (non-hydrogen) atoms. The Morgan fingerprint density at radius 2 is 1.71 bits per heavy atom. The van der Waals surface area contributed by atoms with Crippen molar-refractivity contribution in [1.29, 1.82) is 0 Å². The number of hydrogen-bond donors (Lipinski definition) is 2. The zero-order valence-corrected chi connectivity index (χ0v) is 11.3. The number of nitrogens with one attached hydrogen (secondary N) is 1. The van der Waals surface area contributed by atoms with Crippen molar-refractivity contribution in [2.75, 3.05) is 5.73 Å². The van der Waals surface area contributed by atoms with E-state index in [-0.39, 0.29) is 11.4 Å². The molecule has 0 aliphatic rings.